The summed E-state index contributed by atoms with van der Waals surface area (Å²) in [6.45, 7) is 1.94. The van der Waals surface area contributed by atoms with Crippen molar-refractivity contribution in [3.05, 3.63) is 70.5 Å². The van der Waals surface area contributed by atoms with Crippen LogP contribution in [0.2, 0.25) is 0 Å². The Labute approximate surface area is 201 Å². The average molecular weight is 479 g/mol. The predicted molar refractivity (Wildman–Crippen MR) is 129 cm³/mol. The Kier molecular flexibility index (Phi) is 6.48. The number of nitrogens with zero attached hydrogens (tertiary/aromatic N) is 4. The van der Waals surface area contributed by atoms with E-state index < -0.39 is 5.97 Å². The van der Waals surface area contributed by atoms with Gasteiger partial charge in [-0.25, -0.2) is 9.37 Å². The van der Waals surface area contributed by atoms with Crippen LogP contribution in [0.3, 0.4) is 0 Å². The Morgan fingerprint density at radius 1 is 1.00 bits per heavy atom. The topological polar surface area (TPSA) is 84.7 Å². The summed E-state index contributed by atoms with van der Waals surface area (Å²) >= 11 is 0. The second kappa shape index (κ2) is 9.85. The Hall–Kier alpha value is -3.75. The van der Waals surface area contributed by atoms with Crippen molar-refractivity contribution >= 4 is 28.5 Å². The Bertz CT molecular complexity index is 1290. The van der Waals surface area contributed by atoms with Crippen LogP contribution in [0.5, 0.6) is 0 Å². The number of anilines is 1. The molecule has 0 bridgehead atoms. The lowest BCUT2D eigenvalue weighted by atomic mass is 10.2. The number of fused-ring (bicyclic) bond motifs is 1. The van der Waals surface area contributed by atoms with Gasteiger partial charge in [-0.05, 0) is 49.2 Å². The van der Waals surface area contributed by atoms with Gasteiger partial charge in [-0.1, -0.05) is 12.1 Å². The molecule has 1 aliphatic heterocycles. The molecule has 1 aromatic heterocycles. The van der Waals surface area contributed by atoms with Crippen molar-refractivity contribution in [1.82, 2.24) is 14.5 Å². The number of hydrogen-bond donors (Lipinski definition) is 0. The molecule has 3 aromatic rings. The number of hydrogen-bond acceptors (Lipinski definition) is 6. The molecule has 35 heavy (non-hydrogen) atoms. The molecular formula is C26H27FN4O4. The van der Waals surface area contributed by atoms with Crippen molar-refractivity contribution in [2.45, 2.75) is 31.7 Å². The number of aromatic nitrogens is 2. The molecule has 1 aliphatic carbocycles. The highest BCUT2D eigenvalue weighted by molar-refractivity contribution is 5.81. The molecule has 2 fully saturated rings. The first-order valence-electron chi connectivity index (χ1n) is 11.9. The van der Waals surface area contributed by atoms with Crippen LogP contribution in [-0.2, 0) is 20.7 Å². The van der Waals surface area contributed by atoms with Crippen LogP contribution in [0.25, 0.3) is 10.9 Å². The summed E-state index contributed by atoms with van der Waals surface area (Å²) in [6.07, 6.45) is 2.18. The molecule has 0 radical (unpaired) electrons. The number of carbonyl (C=O) groups is 2. The number of ether oxygens (including phenoxy) is 1. The van der Waals surface area contributed by atoms with Crippen molar-refractivity contribution in [2.75, 3.05) is 37.7 Å². The first-order chi connectivity index (χ1) is 17.0. The first-order valence-corrected chi connectivity index (χ1v) is 11.9. The van der Waals surface area contributed by atoms with Crippen LogP contribution in [0.1, 0.15) is 31.1 Å². The van der Waals surface area contributed by atoms with Crippen molar-refractivity contribution in [2.24, 2.45) is 0 Å². The van der Waals surface area contributed by atoms with Crippen LogP contribution in [0.15, 0.2) is 53.3 Å². The molecule has 1 saturated carbocycles. The van der Waals surface area contributed by atoms with Gasteiger partial charge in [-0.15, -0.1) is 0 Å². The Morgan fingerprint density at radius 3 is 2.43 bits per heavy atom. The van der Waals surface area contributed by atoms with Crippen molar-refractivity contribution < 1.29 is 18.7 Å². The number of esters is 1. The summed E-state index contributed by atoms with van der Waals surface area (Å²) in [5.41, 5.74) is 1.46. The standard InChI is InChI=1S/C26H27FN4O4/c27-18-5-7-19(8-6-18)29-13-15-30(16-14-29)24(32)17-35-25(33)12-11-23-28-22-4-2-1-3-21(22)26(34)31(23)20-9-10-20/h1-8,20H,9-17H2. The molecule has 8 nitrogen and oxygen atoms in total. The van der Waals surface area contributed by atoms with Gasteiger partial charge < -0.3 is 14.5 Å². The molecule has 9 heteroatoms. The van der Waals surface area contributed by atoms with Crippen LogP contribution in [0.4, 0.5) is 10.1 Å². The van der Waals surface area contributed by atoms with Gasteiger partial charge in [0.1, 0.15) is 11.6 Å². The van der Waals surface area contributed by atoms with Gasteiger partial charge in [0.05, 0.1) is 17.3 Å². The highest BCUT2D eigenvalue weighted by atomic mass is 19.1. The molecule has 1 saturated heterocycles. The highest BCUT2D eigenvalue weighted by Crippen LogP contribution is 2.35. The Balaban J connectivity index is 1.12. The molecule has 0 N–H and O–H groups in total. The fourth-order valence-corrected chi connectivity index (χ4v) is 4.46. The summed E-state index contributed by atoms with van der Waals surface area (Å²) in [5.74, 6) is -0.433. The minimum atomic E-state index is -0.493. The van der Waals surface area contributed by atoms with Crippen molar-refractivity contribution in [1.29, 1.82) is 0 Å². The van der Waals surface area contributed by atoms with Crippen LogP contribution >= 0.6 is 0 Å². The second-order valence-corrected chi connectivity index (χ2v) is 8.96. The second-order valence-electron chi connectivity index (χ2n) is 8.96. The maximum Gasteiger partial charge on any atom is 0.306 e. The highest BCUT2D eigenvalue weighted by Gasteiger charge is 2.28. The quantitative estimate of drug-likeness (QED) is 0.486. The third-order valence-electron chi connectivity index (χ3n) is 6.53. The number of para-hydroxylation sites is 1. The third-order valence-corrected chi connectivity index (χ3v) is 6.53. The average Bonchev–Trinajstić information content (AvgIpc) is 3.72. The smallest absolute Gasteiger partial charge is 0.306 e. The zero-order chi connectivity index (χ0) is 24.4. The zero-order valence-electron chi connectivity index (χ0n) is 19.4. The largest absolute Gasteiger partial charge is 0.456 e. The number of carbonyl (C=O) groups excluding carboxylic acids is 2. The van der Waals surface area contributed by atoms with Crippen LogP contribution in [-0.4, -0.2) is 59.1 Å². The summed E-state index contributed by atoms with van der Waals surface area (Å²) in [5, 5.41) is 0.579. The molecule has 182 valence electrons. The van der Waals surface area contributed by atoms with E-state index in [0.29, 0.717) is 42.9 Å². The van der Waals surface area contributed by atoms with Crippen LogP contribution in [0, 0.1) is 5.82 Å². The van der Waals surface area contributed by atoms with Gasteiger partial charge >= 0.3 is 5.97 Å². The van der Waals surface area contributed by atoms with Gasteiger partial charge in [0.15, 0.2) is 6.61 Å². The van der Waals surface area contributed by atoms with Gasteiger partial charge in [0, 0.05) is 44.3 Å². The van der Waals surface area contributed by atoms with E-state index in [0.717, 1.165) is 18.5 Å². The predicted octanol–water partition coefficient (Wildman–Crippen LogP) is 2.70. The maximum absolute atomic E-state index is 13.1. The van der Waals surface area contributed by atoms with E-state index >= 15 is 0 Å². The summed E-state index contributed by atoms with van der Waals surface area (Å²) < 4.78 is 20.1. The van der Waals surface area contributed by atoms with Crippen molar-refractivity contribution in [3.8, 4) is 0 Å². The molecule has 5 rings (SSSR count). The number of benzene rings is 2. The number of rotatable bonds is 7. The molecule has 1 amide bonds. The first kappa shape index (κ1) is 23.0. The summed E-state index contributed by atoms with van der Waals surface area (Å²) in [4.78, 5) is 46.2. The number of piperazine rings is 1. The van der Waals surface area contributed by atoms with E-state index in [2.05, 4.69) is 9.88 Å². The Morgan fingerprint density at radius 2 is 1.71 bits per heavy atom. The van der Waals surface area contributed by atoms with Gasteiger partial charge in [-0.3, -0.25) is 19.0 Å². The molecular weight excluding hydrogens is 451 g/mol. The minimum Gasteiger partial charge on any atom is -0.456 e. The van der Waals surface area contributed by atoms with Crippen LogP contribution < -0.4 is 10.5 Å². The molecule has 2 aliphatic rings. The lowest BCUT2D eigenvalue weighted by Gasteiger charge is -2.36. The van der Waals surface area contributed by atoms with E-state index in [1.165, 1.54) is 12.1 Å². The van der Waals surface area contributed by atoms with Gasteiger partial charge in [0.25, 0.3) is 11.5 Å². The summed E-state index contributed by atoms with van der Waals surface area (Å²) in [6, 6.07) is 13.6. The summed E-state index contributed by atoms with van der Waals surface area (Å²) in [7, 11) is 0. The number of aryl methyl sites for hydroxylation is 1. The van der Waals surface area contributed by atoms with E-state index in [1.54, 1.807) is 33.7 Å². The minimum absolute atomic E-state index is 0.0448. The van der Waals surface area contributed by atoms with Gasteiger partial charge in [0.2, 0.25) is 0 Å². The zero-order valence-corrected chi connectivity index (χ0v) is 19.4. The van der Waals surface area contributed by atoms with Crippen molar-refractivity contribution in [3.63, 3.8) is 0 Å². The fraction of sp³-hybridized carbons (Fsp3) is 0.385. The number of amides is 1. The van der Waals surface area contributed by atoms with E-state index in [4.69, 9.17) is 4.74 Å². The monoisotopic (exact) mass is 478 g/mol. The van der Waals surface area contributed by atoms with Gasteiger partial charge in [-0.2, -0.15) is 0 Å². The molecule has 0 unspecified atom stereocenters. The van der Waals surface area contributed by atoms with E-state index in [9.17, 15) is 18.8 Å². The van der Waals surface area contributed by atoms with E-state index in [1.807, 2.05) is 12.1 Å². The fourth-order valence-electron chi connectivity index (χ4n) is 4.46. The maximum atomic E-state index is 13.1. The molecule has 0 atom stereocenters. The third kappa shape index (κ3) is 5.18. The molecule has 2 heterocycles. The lowest BCUT2D eigenvalue weighted by molar-refractivity contribution is -0.152. The van der Waals surface area contributed by atoms with E-state index in [-0.39, 0.29) is 42.8 Å². The SMILES string of the molecule is O=C(CCc1nc2ccccc2c(=O)n1C1CC1)OCC(=O)N1CCN(c2ccc(F)cc2)CC1. The molecule has 2 aromatic carbocycles. The molecule has 0 spiro atoms. The number of halogens is 1. The lowest BCUT2D eigenvalue weighted by Crippen LogP contribution is -2.49. The normalized spacial score (nSPS) is 15.9.